The topological polar surface area (TPSA) is 60.8 Å². The number of nitrogens with zero attached hydrogens (tertiary/aromatic N) is 4. The first-order valence-corrected chi connectivity index (χ1v) is 7.03. The molecule has 2 heterocycles. The van der Waals surface area contributed by atoms with Crippen LogP contribution in [0.2, 0.25) is 5.28 Å². The zero-order chi connectivity index (χ0) is 14.1. The molecule has 0 saturated carbocycles. The van der Waals surface area contributed by atoms with Gasteiger partial charge in [-0.2, -0.15) is 9.97 Å². The quantitative estimate of drug-likeness (QED) is 0.870. The van der Waals surface area contributed by atoms with Crippen molar-refractivity contribution in [2.24, 2.45) is 0 Å². The summed E-state index contributed by atoms with van der Waals surface area (Å²) in [5.41, 5.74) is 2.28. The highest BCUT2D eigenvalue weighted by atomic mass is 35.5. The Morgan fingerprint density at radius 1 is 1.30 bits per heavy atom. The standard InChI is InChI=1S/C14H15ClN4O/c1-8(2)20-14-18-12(17-13(15)19-14)10-6-5-9-4-3-7-16-11(9)10/h3-4,7-8,10H,5-6H2,1-2H3. The Hall–Kier alpha value is -1.75. The Balaban J connectivity index is 1.97. The lowest BCUT2D eigenvalue weighted by molar-refractivity contribution is 0.220. The summed E-state index contributed by atoms with van der Waals surface area (Å²) < 4.78 is 5.52. The molecular weight excluding hydrogens is 276 g/mol. The molecule has 0 aliphatic heterocycles. The third-order valence-corrected chi connectivity index (χ3v) is 3.39. The lowest BCUT2D eigenvalue weighted by atomic mass is 10.1. The van der Waals surface area contributed by atoms with Crippen molar-refractivity contribution in [2.45, 2.75) is 38.7 Å². The third kappa shape index (κ3) is 2.58. The highest BCUT2D eigenvalue weighted by Crippen LogP contribution is 2.35. The van der Waals surface area contributed by atoms with Crippen LogP contribution in [-0.4, -0.2) is 26.0 Å². The van der Waals surface area contributed by atoms with Crippen LogP contribution in [0.5, 0.6) is 6.01 Å². The molecule has 3 rings (SSSR count). The Labute approximate surface area is 122 Å². The molecule has 1 atom stereocenters. The van der Waals surface area contributed by atoms with E-state index in [0.29, 0.717) is 5.82 Å². The van der Waals surface area contributed by atoms with E-state index in [1.165, 1.54) is 5.56 Å². The molecule has 0 aromatic carbocycles. The summed E-state index contributed by atoms with van der Waals surface area (Å²) in [7, 11) is 0. The van der Waals surface area contributed by atoms with Gasteiger partial charge in [0.1, 0.15) is 5.82 Å². The van der Waals surface area contributed by atoms with E-state index in [-0.39, 0.29) is 23.3 Å². The van der Waals surface area contributed by atoms with Gasteiger partial charge >= 0.3 is 6.01 Å². The first kappa shape index (κ1) is 13.2. The van der Waals surface area contributed by atoms with Crippen molar-refractivity contribution in [1.29, 1.82) is 0 Å². The molecule has 0 amide bonds. The van der Waals surface area contributed by atoms with Crippen LogP contribution in [0.25, 0.3) is 0 Å². The largest absolute Gasteiger partial charge is 0.461 e. The summed E-state index contributed by atoms with van der Waals surface area (Å²) >= 11 is 5.98. The first-order valence-electron chi connectivity index (χ1n) is 6.65. The van der Waals surface area contributed by atoms with Crippen molar-refractivity contribution in [1.82, 2.24) is 19.9 Å². The smallest absolute Gasteiger partial charge is 0.321 e. The molecule has 6 heteroatoms. The first-order chi connectivity index (χ1) is 9.63. The maximum atomic E-state index is 5.98. The molecule has 0 fully saturated rings. The summed E-state index contributed by atoms with van der Waals surface area (Å²) in [5.74, 6) is 0.708. The Morgan fingerprint density at radius 3 is 2.95 bits per heavy atom. The second kappa shape index (κ2) is 5.32. The second-order valence-electron chi connectivity index (χ2n) is 5.05. The Kier molecular flexibility index (Phi) is 3.53. The molecule has 20 heavy (non-hydrogen) atoms. The van der Waals surface area contributed by atoms with Crippen LogP contribution in [0.15, 0.2) is 18.3 Å². The lowest BCUT2D eigenvalue weighted by Crippen LogP contribution is -2.12. The Bertz CT molecular complexity index is 632. The molecule has 0 bridgehead atoms. The van der Waals surface area contributed by atoms with Crippen molar-refractivity contribution in [3.8, 4) is 6.01 Å². The highest BCUT2D eigenvalue weighted by molar-refractivity contribution is 6.28. The van der Waals surface area contributed by atoms with Crippen LogP contribution >= 0.6 is 11.6 Å². The number of pyridine rings is 1. The number of halogens is 1. The van der Waals surface area contributed by atoms with Crippen LogP contribution in [0.1, 0.15) is 43.3 Å². The van der Waals surface area contributed by atoms with E-state index in [2.05, 4.69) is 26.0 Å². The van der Waals surface area contributed by atoms with E-state index < -0.39 is 0 Å². The molecule has 0 spiro atoms. The average Bonchev–Trinajstić information content (AvgIpc) is 2.80. The number of aromatic nitrogens is 4. The number of hydrogen-bond acceptors (Lipinski definition) is 5. The van der Waals surface area contributed by atoms with Crippen molar-refractivity contribution in [3.05, 3.63) is 40.7 Å². The molecule has 2 aromatic rings. The van der Waals surface area contributed by atoms with Gasteiger partial charge in [0.05, 0.1) is 17.7 Å². The zero-order valence-electron chi connectivity index (χ0n) is 11.4. The average molecular weight is 291 g/mol. The molecule has 1 unspecified atom stereocenters. The fraction of sp³-hybridized carbons (Fsp3) is 0.429. The predicted octanol–water partition coefficient (Wildman–Crippen LogP) is 2.79. The summed E-state index contributed by atoms with van der Waals surface area (Å²) in [6.07, 6.45) is 3.71. The minimum absolute atomic E-state index is 0.00435. The van der Waals surface area contributed by atoms with Crippen molar-refractivity contribution < 1.29 is 4.74 Å². The van der Waals surface area contributed by atoms with Gasteiger partial charge in [0.15, 0.2) is 0 Å². The fourth-order valence-corrected chi connectivity index (χ4v) is 2.59. The van der Waals surface area contributed by atoms with E-state index in [4.69, 9.17) is 16.3 Å². The number of ether oxygens (including phenoxy) is 1. The SMILES string of the molecule is CC(C)Oc1nc(Cl)nc(C2CCc3cccnc32)n1. The van der Waals surface area contributed by atoms with E-state index >= 15 is 0 Å². The van der Waals surface area contributed by atoms with E-state index in [0.717, 1.165) is 18.5 Å². The van der Waals surface area contributed by atoms with Gasteiger partial charge in [-0.3, -0.25) is 4.98 Å². The van der Waals surface area contributed by atoms with Crippen molar-refractivity contribution in [3.63, 3.8) is 0 Å². The summed E-state index contributed by atoms with van der Waals surface area (Å²) in [5, 5.41) is 0.162. The lowest BCUT2D eigenvalue weighted by Gasteiger charge is -2.12. The van der Waals surface area contributed by atoms with Gasteiger partial charge in [-0.1, -0.05) is 6.07 Å². The number of aryl methyl sites for hydroxylation is 1. The number of rotatable bonds is 3. The fourth-order valence-electron chi connectivity index (χ4n) is 2.43. The molecule has 1 aliphatic rings. The molecule has 104 valence electrons. The normalized spacial score (nSPS) is 17.3. The zero-order valence-corrected chi connectivity index (χ0v) is 12.1. The van der Waals surface area contributed by atoms with Crippen LogP contribution in [0, 0.1) is 0 Å². The van der Waals surface area contributed by atoms with Gasteiger partial charge in [0.2, 0.25) is 5.28 Å². The molecule has 2 aromatic heterocycles. The maximum absolute atomic E-state index is 5.98. The molecule has 0 N–H and O–H groups in total. The van der Waals surface area contributed by atoms with Gasteiger partial charge in [0.25, 0.3) is 0 Å². The Morgan fingerprint density at radius 2 is 2.15 bits per heavy atom. The number of hydrogen-bond donors (Lipinski definition) is 0. The van der Waals surface area contributed by atoms with Crippen molar-refractivity contribution in [2.75, 3.05) is 0 Å². The third-order valence-electron chi connectivity index (χ3n) is 3.22. The molecular formula is C14H15ClN4O. The molecule has 1 aliphatic carbocycles. The van der Waals surface area contributed by atoms with E-state index in [1.54, 1.807) is 6.20 Å². The van der Waals surface area contributed by atoms with Gasteiger partial charge in [-0.15, -0.1) is 0 Å². The second-order valence-corrected chi connectivity index (χ2v) is 5.39. The highest BCUT2D eigenvalue weighted by Gasteiger charge is 2.28. The van der Waals surface area contributed by atoms with Crippen LogP contribution in [0.4, 0.5) is 0 Å². The number of fused-ring (bicyclic) bond motifs is 1. The predicted molar refractivity (Wildman–Crippen MR) is 75.0 cm³/mol. The molecule has 0 radical (unpaired) electrons. The maximum Gasteiger partial charge on any atom is 0.321 e. The van der Waals surface area contributed by atoms with Crippen LogP contribution < -0.4 is 4.74 Å². The van der Waals surface area contributed by atoms with Gasteiger partial charge in [-0.05, 0) is 49.9 Å². The van der Waals surface area contributed by atoms with Gasteiger partial charge < -0.3 is 4.74 Å². The monoisotopic (exact) mass is 290 g/mol. The minimum Gasteiger partial charge on any atom is -0.461 e. The summed E-state index contributed by atoms with van der Waals surface area (Å²) in [6, 6.07) is 4.32. The molecule has 5 nitrogen and oxygen atoms in total. The van der Waals surface area contributed by atoms with Gasteiger partial charge in [0, 0.05) is 6.20 Å². The molecule has 0 saturated heterocycles. The van der Waals surface area contributed by atoms with Crippen molar-refractivity contribution >= 4 is 11.6 Å². The minimum atomic E-state index is -0.00435. The van der Waals surface area contributed by atoms with E-state index in [1.807, 2.05) is 19.9 Å². The summed E-state index contributed by atoms with van der Waals surface area (Å²) in [4.78, 5) is 17.1. The summed E-state index contributed by atoms with van der Waals surface area (Å²) in [6.45, 7) is 3.84. The van der Waals surface area contributed by atoms with Crippen LogP contribution in [-0.2, 0) is 6.42 Å². The van der Waals surface area contributed by atoms with Crippen LogP contribution in [0.3, 0.4) is 0 Å². The van der Waals surface area contributed by atoms with Gasteiger partial charge in [-0.25, -0.2) is 4.98 Å². The van der Waals surface area contributed by atoms with E-state index in [9.17, 15) is 0 Å².